The number of hydrogen-bond donors (Lipinski definition) is 2. The summed E-state index contributed by atoms with van der Waals surface area (Å²) >= 11 is 0. The number of piperazine rings is 1. The number of carbonyl (C=O) groups excluding carboxylic acids is 2. The number of carbonyl (C=O) groups is 2. The van der Waals surface area contributed by atoms with Crippen LogP contribution in [0.15, 0.2) is 42.5 Å². The molecule has 2 aromatic rings. The standard InChI is InChI=1S/C22H25N5O6/c1-15(25-8-10-26(11-9-25)17-4-2-3-5-18(17)27(30)31)21(28)24-22(29)23-16-6-7-19-20(14-16)33-13-12-32-19/h2-7,14-15H,8-13H2,1H3,(H2,23,24,28,29). The van der Waals surface area contributed by atoms with Crippen LogP contribution in [-0.2, 0) is 4.79 Å². The van der Waals surface area contributed by atoms with Gasteiger partial charge in [0, 0.05) is 44.0 Å². The minimum absolute atomic E-state index is 0.0625. The van der Waals surface area contributed by atoms with Gasteiger partial charge in [-0.3, -0.25) is 25.1 Å². The predicted octanol–water partition coefficient (Wildman–Crippen LogP) is 2.22. The molecule has 11 heteroatoms. The van der Waals surface area contributed by atoms with Crippen LogP contribution in [0, 0.1) is 10.1 Å². The monoisotopic (exact) mass is 455 g/mol. The predicted molar refractivity (Wildman–Crippen MR) is 121 cm³/mol. The Bertz CT molecular complexity index is 1050. The number of nitrogens with zero attached hydrogens (tertiary/aromatic N) is 3. The number of nitro benzene ring substituents is 1. The van der Waals surface area contributed by atoms with Crippen molar-refractivity contribution in [1.29, 1.82) is 0 Å². The molecule has 4 rings (SSSR count). The van der Waals surface area contributed by atoms with E-state index in [-0.39, 0.29) is 5.69 Å². The van der Waals surface area contributed by atoms with E-state index in [1.165, 1.54) is 6.07 Å². The average Bonchev–Trinajstić information content (AvgIpc) is 2.83. The fourth-order valence-corrected chi connectivity index (χ4v) is 3.90. The van der Waals surface area contributed by atoms with Gasteiger partial charge >= 0.3 is 6.03 Å². The average molecular weight is 455 g/mol. The summed E-state index contributed by atoms with van der Waals surface area (Å²) in [4.78, 5) is 39.7. The topological polar surface area (TPSA) is 126 Å². The van der Waals surface area contributed by atoms with Crippen molar-refractivity contribution in [2.24, 2.45) is 0 Å². The number of para-hydroxylation sites is 2. The zero-order valence-electron chi connectivity index (χ0n) is 18.2. The van der Waals surface area contributed by atoms with Gasteiger partial charge in [0.25, 0.3) is 5.69 Å². The van der Waals surface area contributed by atoms with Gasteiger partial charge in [-0.05, 0) is 25.1 Å². The number of amides is 3. The highest BCUT2D eigenvalue weighted by Gasteiger charge is 2.29. The molecule has 1 atom stereocenters. The van der Waals surface area contributed by atoms with E-state index in [1.807, 2.05) is 9.80 Å². The molecule has 2 aliphatic rings. The Hall–Kier alpha value is -3.86. The van der Waals surface area contributed by atoms with Crippen LogP contribution in [0.25, 0.3) is 0 Å². The number of imide groups is 1. The molecule has 11 nitrogen and oxygen atoms in total. The van der Waals surface area contributed by atoms with Gasteiger partial charge in [0.05, 0.1) is 11.0 Å². The Balaban J connectivity index is 1.29. The second-order valence-corrected chi connectivity index (χ2v) is 7.75. The molecule has 1 unspecified atom stereocenters. The van der Waals surface area contributed by atoms with Crippen molar-refractivity contribution in [2.75, 3.05) is 49.6 Å². The third-order valence-electron chi connectivity index (χ3n) is 5.70. The lowest BCUT2D eigenvalue weighted by molar-refractivity contribution is -0.384. The van der Waals surface area contributed by atoms with Crippen LogP contribution in [-0.4, -0.2) is 67.2 Å². The van der Waals surface area contributed by atoms with Crippen molar-refractivity contribution < 1.29 is 24.0 Å². The molecular weight excluding hydrogens is 430 g/mol. The van der Waals surface area contributed by atoms with E-state index in [0.29, 0.717) is 62.3 Å². The van der Waals surface area contributed by atoms with E-state index in [0.717, 1.165) is 0 Å². The van der Waals surface area contributed by atoms with Gasteiger partial charge in [0.15, 0.2) is 11.5 Å². The largest absolute Gasteiger partial charge is 0.486 e. The number of rotatable bonds is 5. The molecule has 0 saturated carbocycles. The fraction of sp³-hybridized carbons (Fsp3) is 0.364. The molecule has 0 spiro atoms. The zero-order chi connectivity index (χ0) is 23.4. The van der Waals surface area contributed by atoms with Gasteiger partial charge in [0.2, 0.25) is 5.91 Å². The second kappa shape index (κ2) is 9.74. The minimum Gasteiger partial charge on any atom is -0.486 e. The van der Waals surface area contributed by atoms with E-state index in [2.05, 4.69) is 10.6 Å². The maximum Gasteiger partial charge on any atom is 0.325 e. The highest BCUT2D eigenvalue weighted by Crippen LogP contribution is 2.32. The molecule has 3 amide bonds. The summed E-state index contributed by atoms with van der Waals surface area (Å²) in [5, 5.41) is 16.3. The van der Waals surface area contributed by atoms with Crippen LogP contribution in [0.1, 0.15) is 6.92 Å². The van der Waals surface area contributed by atoms with Crippen molar-refractivity contribution in [3.8, 4) is 11.5 Å². The molecule has 2 heterocycles. The first kappa shape index (κ1) is 22.3. The third kappa shape index (κ3) is 5.14. The summed E-state index contributed by atoms with van der Waals surface area (Å²) in [5.41, 5.74) is 1.11. The SMILES string of the molecule is CC(C(=O)NC(=O)Nc1ccc2c(c1)OCCO2)N1CCN(c2ccccc2[N+](=O)[O-])CC1. The molecule has 2 N–H and O–H groups in total. The smallest absolute Gasteiger partial charge is 0.325 e. The van der Waals surface area contributed by atoms with E-state index < -0.39 is 22.9 Å². The molecule has 33 heavy (non-hydrogen) atoms. The van der Waals surface area contributed by atoms with Crippen molar-refractivity contribution >= 4 is 29.0 Å². The number of nitro groups is 1. The van der Waals surface area contributed by atoms with E-state index in [9.17, 15) is 19.7 Å². The highest BCUT2D eigenvalue weighted by molar-refractivity contribution is 6.02. The lowest BCUT2D eigenvalue weighted by Crippen LogP contribution is -2.55. The summed E-state index contributed by atoms with van der Waals surface area (Å²) in [6.45, 7) is 4.77. The number of anilines is 2. The van der Waals surface area contributed by atoms with Crippen LogP contribution in [0.3, 0.4) is 0 Å². The van der Waals surface area contributed by atoms with Gasteiger partial charge in [-0.15, -0.1) is 0 Å². The Kier molecular flexibility index (Phi) is 6.59. The Morgan fingerprint density at radius 1 is 1.03 bits per heavy atom. The number of nitrogens with one attached hydrogen (secondary N) is 2. The number of fused-ring (bicyclic) bond motifs is 1. The number of ether oxygens (including phenoxy) is 2. The summed E-state index contributed by atoms with van der Waals surface area (Å²) in [5.74, 6) is 0.719. The van der Waals surface area contributed by atoms with Gasteiger partial charge < -0.3 is 19.7 Å². The normalized spacial score (nSPS) is 16.6. The molecule has 1 saturated heterocycles. The summed E-state index contributed by atoms with van der Waals surface area (Å²) in [7, 11) is 0. The summed E-state index contributed by atoms with van der Waals surface area (Å²) < 4.78 is 10.9. The molecule has 2 aromatic carbocycles. The highest BCUT2D eigenvalue weighted by atomic mass is 16.6. The molecule has 174 valence electrons. The number of hydrogen-bond acceptors (Lipinski definition) is 8. The number of urea groups is 1. The van der Waals surface area contributed by atoms with Crippen molar-refractivity contribution in [3.63, 3.8) is 0 Å². The maximum absolute atomic E-state index is 12.6. The Morgan fingerprint density at radius 2 is 1.73 bits per heavy atom. The first-order chi connectivity index (χ1) is 15.9. The van der Waals surface area contributed by atoms with Crippen molar-refractivity contribution in [2.45, 2.75) is 13.0 Å². The van der Waals surface area contributed by atoms with Gasteiger partial charge in [-0.2, -0.15) is 0 Å². The maximum atomic E-state index is 12.6. The zero-order valence-corrected chi connectivity index (χ0v) is 18.2. The van der Waals surface area contributed by atoms with Crippen molar-refractivity contribution in [1.82, 2.24) is 10.2 Å². The van der Waals surface area contributed by atoms with E-state index in [1.54, 1.807) is 43.3 Å². The van der Waals surface area contributed by atoms with Crippen molar-refractivity contribution in [3.05, 3.63) is 52.6 Å². The van der Waals surface area contributed by atoms with Crippen LogP contribution in [0.2, 0.25) is 0 Å². The second-order valence-electron chi connectivity index (χ2n) is 7.75. The lowest BCUT2D eigenvalue weighted by Gasteiger charge is -2.38. The van der Waals surface area contributed by atoms with Gasteiger partial charge in [-0.1, -0.05) is 12.1 Å². The molecule has 0 aliphatic carbocycles. The number of benzene rings is 2. The van der Waals surface area contributed by atoms with Crippen LogP contribution >= 0.6 is 0 Å². The van der Waals surface area contributed by atoms with Crippen LogP contribution in [0.4, 0.5) is 21.9 Å². The first-order valence-corrected chi connectivity index (χ1v) is 10.7. The Morgan fingerprint density at radius 3 is 2.45 bits per heavy atom. The van der Waals surface area contributed by atoms with E-state index >= 15 is 0 Å². The fourth-order valence-electron chi connectivity index (χ4n) is 3.90. The van der Waals surface area contributed by atoms with Crippen LogP contribution in [0.5, 0.6) is 11.5 Å². The van der Waals surface area contributed by atoms with E-state index in [4.69, 9.17) is 9.47 Å². The molecule has 0 bridgehead atoms. The third-order valence-corrected chi connectivity index (χ3v) is 5.70. The van der Waals surface area contributed by atoms with Gasteiger partial charge in [-0.25, -0.2) is 4.79 Å². The first-order valence-electron chi connectivity index (χ1n) is 10.7. The summed E-state index contributed by atoms with van der Waals surface area (Å²) in [6, 6.07) is 10.5. The van der Waals surface area contributed by atoms with Gasteiger partial charge in [0.1, 0.15) is 18.9 Å². The molecule has 1 fully saturated rings. The molecular formula is C22H25N5O6. The minimum atomic E-state index is -0.637. The quantitative estimate of drug-likeness (QED) is 0.519. The molecule has 2 aliphatic heterocycles. The Labute approximate surface area is 190 Å². The molecule has 0 radical (unpaired) electrons. The van der Waals surface area contributed by atoms with Crippen LogP contribution < -0.4 is 25.0 Å². The lowest BCUT2D eigenvalue weighted by atomic mass is 10.2. The molecule has 0 aromatic heterocycles. The summed E-state index contributed by atoms with van der Waals surface area (Å²) in [6.07, 6.45) is 0.